The van der Waals surface area contributed by atoms with Gasteiger partial charge in [0.25, 0.3) is 0 Å². The number of methoxy groups -OCH3 is 1. The van der Waals surface area contributed by atoms with Gasteiger partial charge in [0, 0.05) is 4.47 Å². The van der Waals surface area contributed by atoms with Crippen molar-refractivity contribution in [2.24, 2.45) is 17.3 Å². The summed E-state index contributed by atoms with van der Waals surface area (Å²) in [6, 6.07) is 3.63. The fraction of sp³-hybridized carbons (Fsp3) is 0.467. The predicted octanol–water partition coefficient (Wildman–Crippen LogP) is 3.06. The van der Waals surface area contributed by atoms with Crippen LogP contribution in [-0.4, -0.2) is 24.1 Å². The number of halogens is 1. The molecule has 2 atom stereocenters. The Morgan fingerprint density at radius 1 is 1.33 bits per heavy atom. The number of amides is 1. The molecule has 0 bridgehead atoms. The number of nitrogens with one attached hydrogen (secondary N) is 1. The number of ether oxygens (including phenoxy) is 1. The molecule has 1 fully saturated rings. The summed E-state index contributed by atoms with van der Waals surface area (Å²) in [5.74, 6) is -1.83. The lowest BCUT2D eigenvalue weighted by Gasteiger charge is -2.14. The number of carboxylic acids is 1. The van der Waals surface area contributed by atoms with Crippen LogP contribution in [0.25, 0.3) is 0 Å². The molecule has 1 aliphatic rings. The summed E-state index contributed by atoms with van der Waals surface area (Å²) in [6.45, 7) is 5.44. The van der Waals surface area contributed by atoms with E-state index in [2.05, 4.69) is 21.2 Å². The van der Waals surface area contributed by atoms with E-state index in [0.29, 0.717) is 11.4 Å². The van der Waals surface area contributed by atoms with Crippen molar-refractivity contribution in [3.63, 3.8) is 0 Å². The summed E-state index contributed by atoms with van der Waals surface area (Å²) in [5, 5.41) is 12.0. The van der Waals surface area contributed by atoms with Crippen LogP contribution in [0.3, 0.4) is 0 Å². The second kappa shape index (κ2) is 5.33. The van der Waals surface area contributed by atoms with Gasteiger partial charge < -0.3 is 15.2 Å². The van der Waals surface area contributed by atoms with Crippen molar-refractivity contribution in [2.75, 3.05) is 12.4 Å². The first-order valence-electron chi connectivity index (χ1n) is 6.58. The molecule has 114 valence electrons. The third-order valence-corrected chi connectivity index (χ3v) is 4.57. The van der Waals surface area contributed by atoms with Crippen LogP contribution in [0.4, 0.5) is 5.69 Å². The number of hydrogen-bond acceptors (Lipinski definition) is 3. The van der Waals surface area contributed by atoms with Crippen LogP contribution < -0.4 is 10.1 Å². The van der Waals surface area contributed by atoms with Crippen LogP contribution in [0, 0.1) is 24.2 Å². The minimum absolute atomic E-state index is 0.281. The maximum absolute atomic E-state index is 12.4. The number of aryl methyl sites for hydroxylation is 1. The molecule has 2 N–H and O–H groups in total. The lowest BCUT2D eigenvalue weighted by Crippen LogP contribution is -2.19. The minimum Gasteiger partial charge on any atom is -0.495 e. The summed E-state index contributed by atoms with van der Waals surface area (Å²) in [7, 11) is 1.53. The smallest absolute Gasteiger partial charge is 0.307 e. The molecule has 1 saturated carbocycles. The first-order chi connectivity index (χ1) is 9.70. The standard InChI is InChI=1S/C15H18BrNO4/c1-7-5-8(16)6-9(21-4)12(7)17-13(18)10-11(14(19)20)15(10,2)3/h5-6,10-11H,1-4H3,(H,17,18)(H,19,20)/t10-,11+/m1/s1. The molecule has 1 aliphatic carbocycles. The Balaban J connectivity index is 2.24. The maximum Gasteiger partial charge on any atom is 0.307 e. The molecule has 21 heavy (non-hydrogen) atoms. The molecule has 0 spiro atoms. The Hall–Kier alpha value is -1.56. The van der Waals surface area contributed by atoms with Crippen LogP contribution in [-0.2, 0) is 9.59 Å². The number of carbonyl (C=O) groups is 2. The van der Waals surface area contributed by atoms with Gasteiger partial charge in [0.15, 0.2) is 0 Å². The van der Waals surface area contributed by atoms with Crippen molar-refractivity contribution in [1.29, 1.82) is 0 Å². The normalized spacial score (nSPS) is 22.5. The molecule has 0 saturated heterocycles. The van der Waals surface area contributed by atoms with Crippen molar-refractivity contribution >= 4 is 33.5 Å². The van der Waals surface area contributed by atoms with E-state index in [1.807, 2.05) is 13.0 Å². The third-order valence-electron chi connectivity index (χ3n) is 4.11. The van der Waals surface area contributed by atoms with Crippen molar-refractivity contribution in [2.45, 2.75) is 20.8 Å². The molecule has 1 aromatic carbocycles. The van der Waals surface area contributed by atoms with Crippen LogP contribution in [0.5, 0.6) is 5.75 Å². The van der Waals surface area contributed by atoms with Gasteiger partial charge in [-0.05, 0) is 30.0 Å². The van der Waals surface area contributed by atoms with Gasteiger partial charge in [0.05, 0.1) is 24.6 Å². The number of aliphatic carboxylic acids is 1. The number of hydrogen-bond donors (Lipinski definition) is 2. The van der Waals surface area contributed by atoms with Crippen molar-refractivity contribution in [3.8, 4) is 5.75 Å². The summed E-state index contributed by atoms with van der Waals surface area (Å²) < 4.78 is 6.13. The maximum atomic E-state index is 12.4. The molecule has 1 aromatic rings. The zero-order valence-corrected chi connectivity index (χ0v) is 13.9. The molecule has 0 aromatic heterocycles. The topological polar surface area (TPSA) is 75.6 Å². The Morgan fingerprint density at radius 2 is 1.95 bits per heavy atom. The second-order valence-corrected chi connectivity index (χ2v) is 6.82. The van der Waals surface area contributed by atoms with Crippen LogP contribution in [0.2, 0.25) is 0 Å². The molecule has 6 heteroatoms. The van der Waals surface area contributed by atoms with Gasteiger partial charge >= 0.3 is 5.97 Å². The lowest BCUT2D eigenvalue weighted by molar-refractivity contribution is -0.140. The summed E-state index contributed by atoms with van der Waals surface area (Å²) in [4.78, 5) is 23.5. The number of anilines is 1. The van der Waals surface area contributed by atoms with E-state index in [0.717, 1.165) is 10.0 Å². The van der Waals surface area contributed by atoms with E-state index in [4.69, 9.17) is 9.84 Å². The van der Waals surface area contributed by atoms with Gasteiger partial charge in [-0.1, -0.05) is 29.8 Å². The van der Waals surface area contributed by atoms with Gasteiger partial charge in [-0.2, -0.15) is 0 Å². The Kier molecular flexibility index (Phi) is 4.02. The van der Waals surface area contributed by atoms with Crippen LogP contribution >= 0.6 is 15.9 Å². The minimum atomic E-state index is -0.931. The zero-order chi connectivity index (χ0) is 15.9. The fourth-order valence-corrected chi connectivity index (χ4v) is 3.37. The SMILES string of the molecule is COc1cc(Br)cc(C)c1NC(=O)[C@H]1[C@@H](C(=O)O)C1(C)C. The zero-order valence-electron chi connectivity index (χ0n) is 12.4. The first-order valence-corrected chi connectivity index (χ1v) is 7.37. The molecular weight excluding hydrogens is 338 g/mol. The van der Waals surface area contributed by atoms with Crippen molar-refractivity contribution in [3.05, 3.63) is 22.2 Å². The van der Waals surface area contributed by atoms with Crippen molar-refractivity contribution in [1.82, 2.24) is 0 Å². The van der Waals surface area contributed by atoms with E-state index >= 15 is 0 Å². The van der Waals surface area contributed by atoms with E-state index in [1.54, 1.807) is 19.9 Å². The van der Waals surface area contributed by atoms with E-state index in [9.17, 15) is 9.59 Å². The van der Waals surface area contributed by atoms with Gasteiger partial charge in [-0.3, -0.25) is 9.59 Å². The lowest BCUT2D eigenvalue weighted by atomic mass is 10.1. The largest absolute Gasteiger partial charge is 0.495 e. The van der Waals surface area contributed by atoms with E-state index in [1.165, 1.54) is 7.11 Å². The first kappa shape index (κ1) is 15.8. The molecule has 1 amide bonds. The van der Waals surface area contributed by atoms with Crippen LogP contribution in [0.15, 0.2) is 16.6 Å². The highest BCUT2D eigenvalue weighted by molar-refractivity contribution is 9.10. The fourth-order valence-electron chi connectivity index (χ4n) is 2.82. The van der Waals surface area contributed by atoms with Gasteiger partial charge in [-0.15, -0.1) is 0 Å². The summed E-state index contributed by atoms with van der Waals surface area (Å²) >= 11 is 3.37. The molecule has 5 nitrogen and oxygen atoms in total. The number of rotatable bonds is 4. The van der Waals surface area contributed by atoms with Crippen molar-refractivity contribution < 1.29 is 19.4 Å². The van der Waals surface area contributed by atoms with Gasteiger partial charge in [-0.25, -0.2) is 0 Å². The highest BCUT2D eigenvalue weighted by Gasteiger charge is 2.65. The third kappa shape index (κ3) is 2.77. The second-order valence-electron chi connectivity index (χ2n) is 5.90. The quantitative estimate of drug-likeness (QED) is 0.870. The molecule has 0 unspecified atom stereocenters. The van der Waals surface area contributed by atoms with E-state index < -0.39 is 23.2 Å². The van der Waals surface area contributed by atoms with Gasteiger partial charge in [0.1, 0.15) is 5.75 Å². The number of carbonyl (C=O) groups excluding carboxylic acids is 1. The predicted molar refractivity (Wildman–Crippen MR) is 82.5 cm³/mol. The molecular formula is C15H18BrNO4. The Labute approximate surface area is 131 Å². The Morgan fingerprint density at radius 3 is 2.43 bits per heavy atom. The highest BCUT2D eigenvalue weighted by Crippen LogP contribution is 2.58. The van der Waals surface area contributed by atoms with Gasteiger partial charge in [0.2, 0.25) is 5.91 Å². The highest BCUT2D eigenvalue weighted by atomic mass is 79.9. The van der Waals surface area contributed by atoms with E-state index in [-0.39, 0.29) is 5.91 Å². The summed E-state index contributed by atoms with van der Waals surface area (Å²) in [5.41, 5.74) is 0.907. The average molecular weight is 356 g/mol. The average Bonchev–Trinajstić information content (AvgIpc) is 2.95. The Bertz CT molecular complexity index is 612. The molecule has 0 radical (unpaired) electrons. The van der Waals surface area contributed by atoms with Crippen LogP contribution in [0.1, 0.15) is 19.4 Å². The number of benzene rings is 1. The summed E-state index contributed by atoms with van der Waals surface area (Å²) in [6.07, 6.45) is 0. The molecule has 0 aliphatic heterocycles. The molecule has 0 heterocycles. The molecule has 2 rings (SSSR count). The number of carboxylic acid groups (broad SMARTS) is 1. The monoisotopic (exact) mass is 355 g/mol.